The molecule has 8 nitrogen and oxygen atoms in total. The number of fused-ring (bicyclic) bond motifs is 1. The molecular formula is C37H38N6O2. The van der Waals surface area contributed by atoms with Gasteiger partial charge in [-0.1, -0.05) is 66.7 Å². The van der Waals surface area contributed by atoms with Crippen molar-refractivity contribution in [2.45, 2.75) is 45.8 Å². The average molecular weight is 599 g/mol. The largest absolute Gasteiger partial charge is 0.336 e. The summed E-state index contributed by atoms with van der Waals surface area (Å²) in [7, 11) is 1.89. The lowest BCUT2D eigenvalue weighted by Gasteiger charge is -2.37. The van der Waals surface area contributed by atoms with Gasteiger partial charge in [-0.15, -0.1) is 0 Å². The molecule has 0 fully saturated rings. The van der Waals surface area contributed by atoms with Gasteiger partial charge in [0.1, 0.15) is 6.04 Å². The second-order valence-corrected chi connectivity index (χ2v) is 11.6. The van der Waals surface area contributed by atoms with E-state index in [2.05, 4.69) is 22.3 Å². The van der Waals surface area contributed by atoms with E-state index in [4.69, 9.17) is 0 Å². The molecule has 0 bridgehead atoms. The summed E-state index contributed by atoms with van der Waals surface area (Å²) in [6.07, 6.45) is 8.26. The van der Waals surface area contributed by atoms with Crippen LogP contribution in [-0.4, -0.2) is 53.8 Å². The van der Waals surface area contributed by atoms with Crippen LogP contribution in [0.2, 0.25) is 0 Å². The van der Waals surface area contributed by atoms with Crippen molar-refractivity contribution in [1.29, 1.82) is 0 Å². The number of aromatic nitrogens is 4. The molecule has 1 unspecified atom stereocenters. The van der Waals surface area contributed by atoms with Gasteiger partial charge in [0.25, 0.3) is 0 Å². The van der Waals surface area contributed by atoms with Crippen molar-refractivity contribution in [2.75, 3.05) is 6.54 Å². The predicted molar refractivity (Wildman–Crippen MR) is 175 cm³/mol. The summed E-state index contributed by atoms with van der Waals surface area (Å²) in [6, 6.07) is 27.4. The molecule has 0 radical (unpaired) electrons. The van der Waals surface area contributed by atoms with E-state index >= 15 is 0 Å². The number of rotatable bonds is 9. The fourth-order valence-electron chi connectivity index (χ4n) is 6.06. The Morgan fingerprint density at radius 2 is 1.64 bits per heavy atom. The van der Waals surface area contributed by atoms with Crippen LogP contribution in [0.3, 0.4) is 0 Å². The zero-order valence-electron chi connectivity index (χ0n) is 26.0. The molecule has 0 N–H and O–H groups in total. The molecule has 228 valence electrons. The molecule has 1 atom stereocenters. The number of hydrogen-bond donors (Lipinski definition) is 0. The van der Waals surface area contributed by atoms with E-state index in [1.165, 1.54) is 5.56 Å². The lowest BCUT2D eigenvalue weighted by molar-refractivity contribution is -0.144. The third-order valence-corrected chi connectivity index (χ3v) is 8.67. The first-order valence-corrected chi connectivity index (χ1v) is 15.3. The molecule has 0 saturated heterocycles. The molecule has 3 heterocycles. The van der Waals surface area contributed by atoms with Crippen molar-refractivity contribution in [3.05, 3.63) is 143 Å². The first-order chi connectivity index (χ1) is 21.9. The first-order valence-electron chi connectivity index (χ1n) is 15.3. The third-order valence-electron chi connectivity index (χ3n) is 8.67. The second-order valence-electron chi connectivity index (χ2n) is 11.6. The highest BCUT2D eigenvalue weighted by atomic mass is 16.2. The van der Waals surface area contributed by atoms with Crippen molar-refractivity contribution in [3.8, 4) is 5.69 Å². The number of aryl methyl sites for hydroxylation is 2. The van der Waals surface area contributed by atoms with Crippen molar-refractivity contribution in [3.63, 3.8) is 0 Å². The Balaban J connectivity index is 1.36. The van der Waals surface area contributed by atoms with Crippen LogP contribution < -0.4 is 0 Å². The van der Waals surface area contributed by atoms with E-state index < -0.39 is 6.04 Å². The van der Waals surface area contributed by atoms with Gasteiger partial charge in [-0.05, 0) is 66.8 Å². The van der Waals surface area contributed by atoms with Gasteiger partial charge in [0.05, 0.1) is 11.4 Å². The van der Waals surface area contributed by atoms with Crippen LogP contribution in [0, 0.1) is 13.8 Å². The molecule has 1 aliphatic rings. The van der Waals surface area contributed by atoms with E-state index in [-0.39, 0.29) is 18.4 Å². The number of nitrogens with zero attached hydrogens (tertiary/aromatic N) is 6. The minimum atomic E-state index is -0.698. The van der Waals surface area contributed by atoms with E-state index in [9.17, 15) is 9.59 Å². The number of carbonyl (C=O) groups is 2. The lowest BCUT2D eigenvalue weighted by atomic mass is 9.97. The zero-order valence-corrected chi connectivity index (χ0v) is 26.0. The predicted octanol–water partition coefficient (Wildman–Crippen LogP) is 5.46. The molecule has 6 rings (SSSR count). The maximum absolute atomic E-state index is 14.5. The van der Waals surface area contributed by atoms with Gasteiger partial charge >= 0.3 is 0 Å². The zero-order chi connectivity index (χ0) is 31.3. The molecule has 0 saturated carbocycles. The van der Waals surface area contributed by atoms with Gasteiger partial charge in [-0.25, -0.2) is 4.68 Å². The summed E-state index contributed by atoms with van der Waals surface area (Å²) in [5.41, 5.74) is 8.02. The van der Waals surface area contributed by atoms with Gasteiger partial charge < -0.3 is 9.80 Å². The van der Waals surface area contributed by atoms with Crippen LogP contribution in [0.15, 0.2) is 103 Å². The number of hydrogen-bond acceptors (Lipinski definition) is 4. The quantitative estimate of drug-likeness (QED) is 0.211. The minimum absolute atomic E-state index is 0.0444. The summed E-state index contributed by atoms with van der Waals surface area (Å²) >= 11 is 0. The normalized spacial score (nSPS) is 13.5. The van der Waals surface area contributed by atoms with Gasteiger partial charge in [0.15, 0.2) is 0 Å². The van der Waals surface area contributed by atoms with Crippen LogP contribution in [0.4, 0.5) is 0 Å². The van der Waals surface area contributed by atoms with Gasteiger partial charge in [0.2, 0.25) is 11.8 Å². The second kappa shape index (κ2) is 13.2. The van der Waals surface area contributed by atoms with Crippen LogP contribution >= 0.6 is 0 Å². The minimum Gasteiger partial charge on any atom is -0.336 e. The smallest absolute Gasteiger partial charge is 0.247 e. The summed E-state index contributed by atoms with van der Waals surface area (Å²) in [5, 5.41) is 8.83. The van der Waals surface area contributed by atoms with E-state index in [1.54, 1.807) is 21.9 Å². The van der Waals surface area contributed by atoms with Crippen molar-refractivity contribution >= 4 is 17.9 Å². The topological polar surface area (TPSA) is 76.3 Å². The molecule has 2 aromatic heterocycles. The SMILES string of the molecule is Cc1nn(C)c(C)c1C=CC(=O)N(Cc1ccc(-n2cccn2)cc1)C(Cc1ccccc1)C(=O)N1CCc2ccccc2C1. The third kappa shape index (κ3) is 6.65. The Morgan fingerprint density at radius 1 is 0.911 bits per heavy atom. The summed E-state index contributed by atoms with van der Waals surface area (Å²) < 4.78 is 3.61. The fourth-order valence-corrected chi connectivity index (χ4v) is 6.06. The molecule has 1 aliphatic heterocycles. The van der Waals surface area contributed by atoms with E-state index in [1.807, 2.05) is 116 Å². The molecular weight excluding hydrogens is 560 g/mol. The molecule has 0 spiro atoms. The standard InChI is InChI=1S/C37H38N6O2/c1-27-34(28(2)40(3)39-27)18-19-36(44)42(25-30-14-16-33(17-15-30)43-22-9-21-38-43)35(24-29-10-5-4-6-11-29)37(45)41-23-20-31-12-7-8-13-32(31)26-41/h4-19,21-22,35H,20,23-26H2,1-3H3. The molecule has 2 amide bonds. The average Bonchev–Trinajstić information content (AvgIpc) is 3.69. The van der Waals surface area contributed by atoms with Crippen LogP contribution in [0.25, 0.3) is 11.8 Å². The van der Waals surface area contributed by atoms with Crippen molar-refractivity contribution < 1.29 is 9.59 Å². The van der Waals surface area contributed by atoms with E-state index in [0.717, 1.165) is 45.7 Å². The van der Waals surface area contributed by atoms with Gasteiger partial charge in [0, 0.05) is 62.8 Å². The van der Waals surface area contributed by atoms with Crippen LogP contribution in [-0.2, 0) is 42.6 Å². The Hall–Kier alpha value is -5.24. The fraction of sp³-hybridized carbons (Fsp3) is 0.243. The maximum atomic E-state index is 14.5. The van der Waals surface area contributed by atoms with E-state index in [0.29, 0.717) is 19.5 Å². The monoisotopic (exact) mass is 598 g/mol. The molecule has 0 aliphatic carbocycles. The van der Waals surface area contributed by atoms with Gasteiger partial charge in [-0.3, -0.25) is 14.3 Å². The Morgan fingerprint density at radius 3 is 2.33 bits per heavy atom. The Kier molecular flexibility index (Phi) is 8.73. The highest BCUT2D eigenvalue weighted by Crippen LogP contribution is 2.24. The number of amides is 2. The Labute approximate surface area is 264 Å². The molecule has 45 heavy (non-hydrogen) atoms. The first kappa shape index (κ1) is 29.8. The summed E-state index contributed by atoms with van der Waals surface area (Å²) in [5.74, 6) is -0.266. The lowest BCUT2D eigenvalue weighted by Crippen LogP contribution is -2.52. The van der Waals surface area contributed by atoms with Crippen molar-refractivity contribution in [1.82, 2.24) is 29.4 Å². The van der Waals surface area contributed by atoms with Gasteiger partial charge in [-0.2, -0.15) is 10.2 Å². The maximum Gasteiger partial charge on any atom is 0.247 e. The molecule has 5 aromatic rings. The molecule has 8 heteroatoms. The summed E-state index contributed by atoms with van der Waals surface area (Å²) in [4.78, 5) is 32.4. The van der Waals surface area contributed by atoms with Crippen LogP contribution in [0.5, 0.6) is 0 Å². The highest BCUT2D eigenvalue weighted by Gasteiger charge is 2.34. The highest BCUT2D eigenvalue weighted by molar-refractivity contribution is 5.96. The number of carbonyl (C=O) groups excluding carboxylic acids is 2. The summed E-state index contributed by atoms with van der Waals surface area (Å²) in [6.45, 7) is 5.35. The number of benzene rings is 3. The molecule has 3 aromatic carbocycles. The Bertz CT molecular complexity index is 1810. The van der Waals surface area contributed by atoms with Crippen molar-refractivity contribution in [2.24, 2.45) is 7.05 Å². The van der Waals surface area contributed by atoms with Crippen LogP contribution in [0.1, 0.15) is 39.2 Å².